The number of anilines is 2. The van der Waals surface area contributed by atoms with Gasteiger partial charge in [-0.2, -0.15) is 0 Å². The summed E-state index contributed by atoms with van der Waals surface area (Å²) in [6, 6.07) is 20.2. The lowest BCUT2D eigenvalue weighted by Gasteiger charge is -2.22. The molecule has 2 aromatic carbocycles. The molecule has 0 radical (unpaired) electrons. The van der Waals surface area contributed by atoms with Crippen LogP contribution in [0.4, 0.5) is 11.5 Å². The summed E-state index contributed by atoms with van der Waals surface area (Å²) in [5, 5.41) is 2.82. The van der Waals surface area contributed by atoms with Crippen LogP contribution < -0.4 is 10.2 Å². The van der Waals surface area contributed by atoms with Gasteiger partial charge in [0.1, 0.15) is 5.82 Å². The second-order valence-corrected chi connectivity index (χ2v) is 6.43. The number of aromatic nitrogens is 1. The second kappa shape index (κ2) is 9.50. The number of hydrogen-bond donors (Lipinski definition) is 1. The monoisotopic (exact) mass is 389 g/mol. The molecule has 6 nitrogen and oxygen atoms in total. The lowest BCUT2D eigenvalue weighted by atomic mass is 10.1. The van der Waals surface area contributed by atoms with Gasteiger partial charge >= 0.3 is 5.97 Å². The van der Waals surface area contributed by atoms with Crippen molar-refractivity contribution in [2.24, 2.45) is 0 Å². The minimum absolute atomic E-state index is 0.272. The number of ether oxygens (including phenoxy) is 1. The van der Waals surface area contributed by atoms with Crippen molar-refractivity contribution in [1.82, 2.24) is 4.98 Å². The van der Waals surface area contributed by atoms with E-state index in [0.29, 0.717) is 23.4 Å². The number of nitrogens with one attached hydrogen (secondary N) is 1. The molecule has 29 heavy (non-hydrogen) atoms. The van der Waals surface area contributed by atoms with Crippen LogP contribution in [0, 0.1) is 0 Å². The first-order valence-corrected chi connectivity index (χ1v) is 9.35. The van der Waals surface area contributed by atoms with Gasteiger partial charge in [-0.1, -0.05) is 36.4 Å². The molecule has 1 N–H and O–H groups in total. The van der Waals surface area contributed by atoms with Crippen LogP contribution in [0.15, 0.2) is 72.9 Å². The molecule has 3 rings (SSSR count). The third-order valence-corrected chi connectivity index (χ3v) is 4.47. The number of hydrogen-bond acceptors (Lipinski definition) is 5. The van der Waals surface area contributed by atoms with Gasteiger partial charge in [-0.25, -0.2) is 9.78 Å². The summed E-state index contributed by atoms with van der Waals surface area (Å²) in [7, 11) is 1.32. The van der Waals surface area contributed by atoms with Crippen molar-refractivity contribution in [2.75, 3.05) is 23.9 Å². The maximum Gasteiger partial charge on any atom is 0.337 e. The van der Waals surface area contributed by atoms with Crippen LogP contribution in [0.3, 0.4) is 0 Å². The van der Waals surface area contributed by atoms with Gasteiger partial charge in [0.2, 0.25) is 0 Å². The maximum atomic E-state index is 12.7. The third-order valence-electron chi connectivity index (χ3n) is 4.47. The molecule has 0 saturated carbocycles. The first kappa shape index (κ1) is 20.1. The Labute approximate surface area is 170 Å². The van der Waals surface area contributed by atoms with E-state index in [4.69, 9.17) is 4.74 Å². The maximum absolute atomic E-state index is 12.7. The molecule has 0 unspecified atom stereocenters. The fourth-order valence-electron chi connectivity index (χ4n) is 2.94. The van der Waals surface area contributed by atoms with Gasteiger partial charge in [-0.3, -0.25) is 4.79 Å². The molecule has 1 amide bonds. The average Bonchev–Trinajstić information content (AvgIpc) is 2.77. The predicted molar refractivity (Wildman–Crippen MR) is 113 cm³/mol. The highest BCUT2D eigenvalue weighted by atomic mass is 16.5. The molecule has 0 fully saturated rings. The van der Waals surface area contributed by atoms with Crippen molar-refractivity contribution in [3.05, 3.63) is 89.6 Å². The Balaban J connectivity index is 1.76. The molecule has 1 aromatic heterocycles. The van der Waals surface area contributed by atoms with Gasteiger partial charge in [0.15, 0.2) is 0 Å². The Morgan fingerprint density at radius 2 is 1.79 bits per heavy atom. The van der Waals surface area contributed by atoms with E-state index in [-0.39, 0.29) is 5.91 Å². The second-order valence-electron chi connectivity index (χ2n) is 6.43. The number of pyridine rings is 1. The lowest BCUT2D eigenvalue weighted by Crippen LogP contribution is -2.23. The zero-order valence-electron chi connectivity index (χ0n) is 16.5. The SMILES string of the molecule is CCN(Cc1ccccc1)c1cc(C(=O)Nc2cccc(C(=O)OC)c2)ccn1. The first-order valence-electron chi connectivity index (χ1n) is 9.35. The van der Waals surface area contributed by atoms with Gasteiger partial charge in [-0.05, 0) is 42.8 Å². The highest BCUT2D eigenvalue weighted by Gasteiger charge is 2.13. The molecular formula is C23H23N3O3. The molecule has 0 aliphatic heterocycles. The molecule has 0 atom stereocenters. The lowest BCUT2D eigenvalue weighted by molar-refractivity contribution is 0.0600. The molecule has 0 aliphatic carbocycles. The van der Waals surface area contributed by atoms with E-state index in [1.54, 1.807) is 42.6 Å². The number of esters is 1. The molecular weight excluding hydrogens is 366 g/mol. The summed E-state index contributed by atoms with van der Waals surface area (Å²) >= 11 is 0. The zero-order valence-corrected chi connectivity index (χ0v) is 16.5. The summed E-state index contributed by atoms with van der Waals surface area (Å²) in [6.45, 7) is 3.51. The zero-order chi connectivity index (χ0) is 20.6. The van der Waals surface area contributed by atoms with E-state index < -0.39 is 5.97 Å². The number of carbonyl (C=O) groups excluding carboxylic acids is 2. The molecule has 0 spiro atoms. The van der Waals surface area contributed by atoms with Crippen molar-refractivity contribution >= 4 is 23.4 Å². The Kier molecular flexibility index (Phi) is 6.58. The molecule has 3 aromatic rings. The van der Waals surface area contributed by atoms with Crippen LogP contribution in [0.1, 0.15) is 33.2 Å². The standard InChI is InChI=1S/C23H23N3O3/c1-3-26(16-17-8-5-4-6-9-17)21-15-18(12-13-24-21)22(27)25-20-11-7-10-19(14-20)23(28)29-2/h4-15H,3,16H2,1-2H3,(H,25,27). The van der Waals surface area contributed by atoms with Crippen LogP contribution in [-0.4, -0.2) is 30.5 Å². The molecule has 148 valence electrons. The van der Waals surface area contributed by atoms with Gasteiger partial charge in [0.25, 0.3) is 5.91 Å². The van der Waals surface area contributed by atoms with Crippen molar-refractivity contribution in [3.8, 4) is 0 Å². The fourth-order valence-corrected chi connectivity index (χ4v) is 2.94. The van der Waals surface area contributed by atoms with Crippen molar-refractivity contribution in [1.29, 1.82) is 0 Å². The summed E-state index contributed by atoms with van der Waals surface area (Å²) in [5.41, 5.74) is 2.56. The normalized spacial score (nSPS) is 10.3. The van der Waals surface area contributed by atoms with Gasteiger partial charge < -0.3 is 15.0 Å². The Morgan fingerprint density at radius 3 is 2.52 bits per heavy atom. The highest BCUT2D eigenvalue weighted by Crippen LogP contribution is 2.18. The third kappa shape index (κ3) is 5.19. The molecule has 1 heterocycles. The number of benzene rings is 2. The Bertz CT molecular complexity index is 989. The number of amides is 1. The summed E-state index contributed by atoms with van der Waals surface area (Å²) in [4.78, 5) is 30.9. The van der Waals surface area contributed by atoms with Crippen LogP contribution >= 0.6 is 0 Å². The van der Waals surface area contributed by atoms with E-state index in [9.17, 15) is 9.59 Å². The van der Waals surface area contributed by atoms with Crippen LogP contribution in [0.2, 0.25) is 0 Å². The smallest absolute Gasteiger partial charge is 0.337 e. The minimum atomic E-state index is -0.452. The van der Waals surface area contributed by atoms with E-state index >= 15 is 0 Å². The van der Waals surface area contributed by atoms with Crippen molar-refractivity contribution in [2.45, 2.75) is 13.5 Å². The van der Waals surface area contributed by atoms with Crippen LogP contribution in [0.5, 0.6) is 0 Å². The topological polar surface area (TPSA) is 71.5 Å². The fraction of sp³-hybridized carbons (Fsp3) is 0.174. The van der Waals surface area contributed by atoms with Crippen LogP contribution in [0.25, 0.3) is 0 Å². The number of carbonyl (C=O) groups is 2. The Hall–Kier alpha value is -3.67. The van der Waals surface area contributed by atoms with E-state index in [1.165, 1.54) is 12.7 Å². The molecule has 0 aliphatic rings. The first-order chi connectivity index (χ1) is 14.1. The number of methoxy groups -OCH3 is 1. The van der Waals surface area contributed by atoms with Crippen molar-refractivity contribution < 1.29 is 14.3 Å². The van der Waals surface area contributed by atoms with Gasteiger partial charge in [0, 0.05) is 30.5 Å². The minimum Gasteiger partial charge on any atom is -0.465 e. The average molecular weight is 389 g/mol. The molecule has 0 bridgehead atoms. The summed E-state index contributed by atoms with van der Waals surface area (Å²) in [5.74, 6) is 0.00513. The molecule has 0 saturated heterocycles. The summed E-state index contributed by atoms with van der Waals surface area (Å²) < 4.78 is 4.72. The predicted octanol–water partition coefficient (Wildman–Crippen LogP) is 4.15. The largest absolute Gasteiger partial charge is 0.465 e. The summed E-state index contributed by atoms with van der Waals surface area (Å²) in [6.07, 6.45) is 1.63. The quantitative estimate of drug-likeness (QED) is 0.615. The van der Waals surface area contributed by atoms with Crippen LogP contribution in [-0.2, 0) is 11.3 Å². The number of rotatable bonds is 7. The highest BCUT2D eigenvalue weighted by molar-refractivity contribution is 6.05. The number of nitrogens with zero attached hydrogens (tertiary/aromatic N) is 2. The van der Waals surface area contributed by atoms with E-state index in [2.05, 4.69) is 34.3 Å². The van der Waals surface area contributed by atoms with E-state index in [0.717, 1.165) is 12.4 Å². The van der Waals surface area contributed by atoms with Gasteiger partial charge in [0.05, 0.1) is 12.7 Å². The molecule has 6 heteroatoms. The van der Waals surface area contributed by atoms with Crippen molar-refractivity contribution in [3.63, 3.8) is 0 Å². The Morgan fingerprint density at radius 1 is 1.00 bits per heavy atom. The van der Waals surface area contributed by atoms with Gasteiger partial charge in [-0.15, -0.1) is 0 Å². The van der Waals surface area contributed by atoms with E-state index in [1.807, 2.05) is 18.2 Å².